The zero-order valence-electron chi connectivity index (χ0n) is 18.6. The van der Waals surface area contributed by atoms with Crippen molar-refractivity contribution >= 4 is 21.6 Å². The number of anilines is 1. The molecule has 1 amide bonds. The first-order valence-electron chi connectivity index (χ1n) is 10.1. The van der Waals surface area contributed by atoms with Crippen LogP contribution in [0.15, 0.2) is 77.7 Å². The van der Waals surface area contributed by atoms with E-state index in [0.717, 1.165) is 4.31 Å². The number of para-hydroxylation sites is 1. The van der Waals surface area contributed by atoms with Crippen molar-refractivity contribution in [2.24, 2.45) is 0 Å². The predicted molar refractivity (Wildman–Crippen MR) is 125 cm³/mol. The van der Waals surface area contributed by atoms with Crippen LogP contribution in [0.1, 0.15) is 5.56 Å². The molecule has 0 heterocycles. The number of methoxy groups -OCH3 is 3. The summed E-state index contributed by atoms with van der Waals surface area (Å²) in [6.07, 6.45) is 0. The van der Waals surface area contributed by atoms with Gasteiger partial charge in [0.15, 0.2) is 11.5 Å². The summed E-state index contributed by atoms with van der Waals surface area (Å²) in [5, 5.41) is 2.76. The van der Waals surface area contributed by atoms with Gasteiger partial charge in [0.2, 0.25) is 11.7 Å². The number of sulfonamides is 1. The SMILES string of the molecule is COc1ccc(CNC(=O)CN(c2ccccc2)S(=O)(=O)c2ccccc2)c(OC)c1OC. The summed E-state index contributed by atoms with van der Waals surface area (Å²) in [4.78, 5) is 12.9. The van der Waals surface area contributed by atoms with Gasteiger partial charge in [0.1, 0.15) is 6.54 Å². The molecule has 1 N–H and O–H groups in total. The van der Waals surface area contributed by atoms with E-state index in [1.54, 1.807) is 60.7 Å². The van der Waals surface area contributed by atoms with Crippen LogP contribution in [-0.2, 0) is 21.4 Å². The maximum absolute atomic E-state index is 13.3. The highest BCUT2D eigenvalue weighted by Gasteiger charge is 2.27. The number of nitrogens with zero attached hydrogens (tertiary/aromatic N) is 1. The van der Waals surface area contributed by atoms with Crippen molar-refractivity contribution < 1.29 is 27.4 Å². The summed E-state index contributed by atoms with van der Waals surface area (Å²) >= 11 is 0. The molecule has 3 rings (SSSR count). The smallest absolute Gasteiger partial charge is 0.264 e. The summed E-state index contributed by atoms with van der Waals surface area (Å²) in [5.74, 6) is 0.849. The standard InChI is InChI=1S/C24H26N2O6S/c1-30-21-15-14-18(23(31-2)24(21)32-3)16-25-22(27)17-26(19-10-6-4-7-11-19)33(28,29)20-12-8-5-9-13-20/h4-15H,16-17H2,1-3H3,(H,25,27). The third kappa shape index (κ3) is 5.38. The molecule has 0 fully saturated rings. The van der Waals surface area contributed by atoms with E-state index < -0.39 is 22.5 Å². The quantitative estimate of drug-likeness (QED) is 0.489. The van der Waals surface area contributed by atoms with Crippen molar-refractivity contribution in [3.8, 4) is 17.2 Å². The lowest BCUT2D eigenvalue weighted by molar-refractivity contribution is -0.119. The minimum atomic E-state index is -3.95. The van der Waals surface area contributed by atoms with Crippen molar-refractivity contribution in [2.45, 2.75) is 11.4 Å². The van der Waals surface area contributed by atoms with Gasteiger partial charge in [-0.05, 0) is 36.4 Å². The maximum atomic E-state index is 13.3. The van der Waals surface area contributed by atoms with Gasteiger partial charge in [-0.1, -0.05) is 36.4 Å². The number of nitrogens with one attached hydrogen (secondary N) is 1. The molecule has 0 aromatic heterocycles. The highest BCUT2D eigenvalue weighted by atomic mass is 32.2. The maximum Gasteiger partial charge on any atom is 0.264 e. The van der Waals surface area contributed by atoms with E-state index in [2.05, 4.69) is 5.32 Å². The first kappa shape index (κ1) is 23.9. The zero-order chi connectivity index (χ0) is 23.8. The number of amides is 1. The van der Waals surface area contributed by atoms with E-state index >= 15 is 0 Å². The lowest BCUT2D eigenvalue weighted by atomic mass is 10.1. The first-order chi connectivity index (χ1) is 15.9. The number of hydrogen-bond donors (Lipinski definition) is 1. The Morgan fingerprint density at radius 3 is 2.00 bits per heavy atom. The first-order valence-corrected chi connectivity index (χ1v) is 11.5. The normalized spacial score (nSPS) is 10.9. The highest BCUT2D eigenvalue weighted by molar-refractivity contribution is 7.92. The van der Waals surface area contributed by atoms with Crippen LogP contribution in [0.25, 0.3) is 0 Å². The Hall–Kier alpha value is -3.72. The molecule has 0 radical (unpaired) electrons. The number of carbonyl (C=O) groups excluding carboxylic acids is 1. The Labute approximate surface area is 193 Å². The predicted octanol–water partition coefficient (Wildman–Crippen LogP) is 3.22. The molecule has 0 spiro atoms. The molecule has 0 atom stereocenters. The van der Waals surface area contributed by atoms with Crippen molar-refractivity contribution in [1.29, 1.82) is 0 Å². The van der Waals surface area contributed by atoms with Gasteiger partial charge in [-0.3, -0.25) is 9.10 Å². The van der Waals surface area contributed by atoms with Crippen LogP contribution in [0.3, 0.4) is 0 Å². The topological polar surface area (TPSA) is 94.2 Å². The summed E-state index contributed by atoms with van der Waals surface area (Å²) in [7, 11) is 0.552. The fraction of sp³-hybridized carbons (Fsp3) is 0.208. The Morgan fingerprint density at radius 2 is 1.42 bits per heavy atom. The fourth-order valence-electron chi connectivity index (χ4n) is 3.31. The van der Waals surface area contributed by atoms with Gasteiger partial charge in [0, 0.05) is 12.1 Å². The molecule has 3 aromatic carbocycles. The molecular weight excluding hydrogens is 444 g/mol. The van der Waals surface area contributed by atoms with Gasteiger partial charge in [-0.15, -0.1) is 0 Å². The van der Waals surface area contributed by atoms with Crippen LogP contribution in [0.4, 0.5) is 5.69 Å². The number of rotatable bonds is 10. The number of ether oxygens (including phenoxy) is 3. The second-order valence-corrected chi connectivity index (χ2v) is 8.79. The summed E-state index contributed by atoms with van der Waals surface area (Å²) in [6.45, 7) is -0.285. The Morgan fingerprint density at radius 1 is 0.818 bits per heavy atom. The van der Waals surface area contributed by atoms with Crippen molar-refractivity contribution in [3.63, 3.8) is 0 Å². The molecule has 33 heavy (non-hydrogen) atoms. The van der Waals surface area contributed by atoms with Crippen LogP contribution in [0.2, 0.25) is 0 Å². The molecule has 0 saturated carbocycles. The second-order valence-electron chi connectivity index (χ2n) is 6.93. The fourth-order valence-corrected chi connectivity index (χ4v) is 4.75. The molecule has 0 saturated heterocycles. The summed E-state index contributed by atoms with van der Waals surface area (Å²) < 4.78 is 43.8. The lowest BCUT2D eigenvalue weighted by Crippen LogP contribution is -2.40. The molecule has 0 aliphatic carbocycles. The molecule has 0 bridgehead atoms. The van der Waals surface area contributed by atoms with Crippen LogP contribution >= 0.6 is 0 Å². The summed E-state index contributed by atoms with van der Waals surface area (Å²) in [5.41, 5.74) is 1.04. The van der Waals surface area contributed by atoms with E-state index in [1.807, 2.05) is 0 Å². The van der Waals surface area contributed by atoms with E-state index in [9.17, 15) is 13.2 Å². The van der Waals surface area contributed by atoms with Gasteiger partial charge in [-0.25, -0.2) is 8.42 Å². The van der Waals surface area contributed by atoms with Crippen LogP contribution < -0.4 is 23.8 Å². The molecule has 0 unspecified atom stereocenters. The molecule has 0 aliphatic heterocycles. The Bertz CT molecular complexity index is 1180. The average Bonchev–Trinajstić information content (AvgIpc) is 2.86. The van der Waals surface area contributed by atoms with Crippen molar-refractivity contribution in [1.82, 2.24) is 5.32 Å². The van der Waals surface area contributed by atoms with Crippen LogP contribution in [-0.4, -0.2) is 42.2 Å². The number of carbonyl (C=O) groups is 1. The minimum absolute atomic E-state index is 0.100. The number of benzene rings is 3. The third-order valence-electron chi connectivity index (χ3n) is 4.92. The zero-order valence-corrected chi connectivity index (χ0v) is 19.5. The average molecular weight is 471 g/mol. The van der Waals surface area contributed by atoms with Crippen LogP contribution in [0.5, 0.6) is 17.2 Å². The molecule has 174 valence electrons. The molecule has 8 nitrogen and oxygen atoms in total. The minimum Gasteiger partial charge on any atom is -0.493 e. The van der Waals surface area contributed by atoms with E-state index in [-0.39, 0.29) is 11.4 Å². The number of hydrogen-bond acceptors (Lipinski definition) is 6. The molecule has 0 aliphatic rings. The monoisotopic (exact) mass is 470 g/mol. The Kier molecular flexibility index (Phi) is 7.78. The van der Waals surface area contributed by atoms with Gasteiger partial charge in [0.25, 0.3) is 10.0 Å². The summed E-state index contributed by atoms with van der Waals surface area (Å²) in [6, 6.07) is 20.0. The molecule has 3 aromatic rings. The van der Waals surface area contributed by atoms with Gasteiger partial charge < -0.3 is 19.5 Å². The third-order valence-corrected chi connectivity index (χ3v) is 6.71. The Balaban J connectivity index is 1.83. The van der Waals surface area contributed by atoms with E-state index in [4.69, 9.17) is 14.2 Å². The van der Waals surface area contributed by atoms with Gasteiger partial charge in [-0.2, -0.15) is 0 Å². The van der Waals surface area contributed by atoms with Crippen molar-refractivity contribution in [3.05, 3.63) is 78.4 Å². The lowest BCUT2D eigenvalue weighted by Gasteiger charge is -2.24. The second kappa shape index (κ2) is 10.7. The van der Waals surface area contributed by atoms with Crippen LogP contribution in [0, 0.1) is 0 Å². The van der Waals surface area contributed by atoms with Gasteiger partial charge in [0.05, 0.1) is 31.9 Å². The van der Waals surface area contributed by atoms with E-state index in [0.29, 0.717) is 28.5 Å². The molecular formula is C24H26N2O6S. The van der Waals surface area contributed by atoms with Crippen molar-refractivity contribution in [2.75, 3.05) is 32.2 Å². The highest BCUT2D eigenvalue weighted by Crippen LogP contribution is 2.39. The molecule has 9 heteroatoms. The largest absolute Gasteiger partial charge is 0.493 e. The van der Waals surface area contributed by atoms with E-state index in [1.165, 1.54) is 33.5 Å². The van der Waals surface area contributed by atoms with Gasteiger partial charge >= 0.3 is 0 Å².